The number of halogens is 1. The average Bonchev–Trinajstić information content (AvgIpc) is 2.83. The number of aromatic nitrogens is 2. The molecule has 108 valence electrons. The van der Waals surface area contributed by atoms with Crippen LogP contribution in [0.4, 0.5) is 0 Å². The quantitative estimate of drug-likeness (QED) is 0.463. The van der Waals surface area contributed by atoms with Crippen molar-refractivity contribution in [2.45, 2.75) is 19.9 Å². The lowest BCUT2D eigenvalue weighted by atomic mass is 10.1. The molecular formula is C13H18IN5O. The van der Waals surface area contributed by atoms with Crippen molar-refractivity contribution in [2.75, 3.05) is 6.54 Å². The molecule has 0 atom stereocenters. The summed E-state index contributed by atoms with van der Waals surface area (Å²) in [6, 6.07) is 10.2. The maximum absolute atomic E-state index is 5.74. The molecule has 6 nitrogen and oxygen atoms in total. The number of nitrogens with zero attached hydrogens (tertiary/aromatic N) is 3. The lowest BCUT2D eigenvalue weighted by molar-refractivity contribution is 0.376. The molecule has 2 aromatic rings. The molecule has 0 saturated heterocycles. The van der Waals surface area contributed by atoms with Crippen LogP contribution in [0.2, 0.25) is 0 Å². The van der Waals surface area contributed by atoms with Crippen molar-refractivity contribution in [1.29, 1.82) is 0 Å². The van der Waals surface area contributed by atoms with E-state index in [0.29, 0.717) is 24.2 Å². The first-order valence-electron chi connectivity index (χ1n) is 6.11. The van der Waals surface area contributed by atoms with E-state index in [4.69, 9.17) is 10.3 Å². The number of guanidine groups is 1. The van der Waals surface area contributed by atoms with Gasteiger partial charge in [0.1, 0.15) is 6.54 Å². The first-order chi connectivity index (χ1) is 9.24. The zero-order valence-corrected chi connectivity index (χ0v) is 13.6. The van der Waals surface area contributed by atoms with Crippen LogP contribution < -0.4 is 11.1 Å². The van der Waals surface area contributed by atoms with Crippen LogP contribution in [0.3, 0.4) is 0 Å². The normalized spacial score (nSPS) is 10.9. The maximum atomic E-state index is 5.74. The summed E-state index contributed by atoms with van der Waals surface area (Å²) in [6.07, 6.45) is 0.900. The summed E-state index contributed by atoms with van der Waals surface area (Å²) in [7, 11) is 0. The van der Waals surface area contributed by atoms with Crippen molar-refractivity contribution < 1.29 is 4.52 Å². The number of hydrogen-bond acceptors (Lipinski definition) is 4. The Morgan fingerprint density at radius 2 is 2.10 bits per heavy atom. The van der Waals surface area contributed by atoms with Gasteiger partial charge in [-0.1, -0.05) is 35.5 Å². The van der Waals surface area contributed by atoms with Crippen LogP contribution in [0.15, 0.2) is 39.8 Å². The molecule has 0 aliphatic heterocycles. The Kier molecular flexibility index (Phi) is 6.99. The molecule has 0 bridgehead atoms. The highest BCUT2D eigenvalue weighted by Crippen LogP contribution is 1.99. The summed E-state index contributed by atoms with van der Waals surface area (Å²) < 4.78 is 4.94. The van der Waals surface area contributed by atoms with Gasteiger partial charge >= 0.3 is 0 Å². The second-order valence-electron chi connectivity index (χ2n) is 4.10. The van der Waals surface area contributed by atoms with E-state index in [1.807, 2.05) is 18.2 Å². The van der Waals surface area contributed by atoms with Crippen molar-refractivity contribution >= 4 is 29.9 Å². The summed E-state index contributed by atoms with van der Waals surface area (Å²) in [5.74, 6) is 1.44. The molecular weight excluding hydrogens is 369 g/mol. The van der Waals surface area contributed by atoms with Gasteiger partial charge in [0.2, 0.25) is 5.89 Å². The molecule has 2 rings (SSSR count). The predicted molar refractivity (Wildman–Crippen MR) is 87.9 cm³/mol. The van der Waals surface area contributed by atoms with Gasteiger partial charge in [-0.15, -0.1) is 24.0 Å². The van der Waals surface area contributed by atoms with Gasteiger partial charge in [0, 0.05) is 6.54 Å². The number of aryl methyl sites for hydroxylation is 1. The molecule has 0 aliphatic carbocycles. The standard InChI is InChI=1S/C13H17N5O.HI/c1-10-17-12(19-18-10)9-16-13(14)15-8-7-11-5-3-2-4-6-11;/h2-6H,7-9H2,1H3,(H3,14,15,16);1H. The van der Waals surface area contributed by atoms with E-state index < -0.39 is 0 Å². The monoisotopic (exact) mass is 387 g/mol. The fourth-order valence-electron chi connectivity index (χ4n) is 1.59. The molecule has 0 saturated carbocycles. The average molecular weight is 387 g/mol. The Morgan fingerprint density at radius 1 is 1.35 bits per heavy atom. The summed E-state index contributed by atoms with van der Waals surface area (Å²) in [6.45, 7) is 2.80. The van der Waals surface area contributed by atoms with Crippen molar-refractivity contribution in [3.8, 4) is 0 Å². The van der Waals surface area contributed by atoms with E-state index in [9.17, 15) is 0 Å². The minimum Gasteiger partial charge on any atom is -0.370 e. The summed E-state index contributed by atoms with van der Waals surface area (Å²) >= 11 is 0. The topological polar surface area (TPSA) is 89.3 Å². The van der Waals surface area contributed by atoms with Crippen LogP contribution in [0.5, 0.6) is 0 Å². The fraction of sp³-hybridized carbons (Fsp3) is 0.308. The van der Waals surface area contributed by atoms with Gasteiger partial charge in [-0.05, 0) is 18.9 Å². The van der Waals surface area contributed by atoms with E-state index in [-0.39, 0.29) is 24.0 Å². The first-order valence-corrected chi connectivity index (χ1v) is 6.11. The third kappa shape index (κ3) is 5.55. The predicted octanol–water partition coefficient (Wildman–Crippen LogP) is 1.64. The number of benzene rings is 1. The maximum Gasteiger partial charge on any atom is 0.248 e. The van der Waals surface area contributed by atoms with E-state index >= 15 is 0 Å². The zero-order chi connectivity index (χ0) is 13.5. The number of nitrogens with one attached hydrogen (secondary N) is 1. The summed E-state index contributed by atoms with van der Waals surface area (Å²) in [4.78, 5) is 8.17. The third-order valence-electron chi connectivity index (χ3n) is 2.52. The number of rotatable bonds is 5. The van der Waals surface area contributed by atoms with E-state index in [1.54, 1.807) is 6.92 Å². The van der Waals surface area contributed by atoms with Gasteiger partial charge in [0.15, 0.2) is 11.8 Å². The first kappa shape index (κ1) is 16.4. The van der Waals surface area contributed by atoms with Gasteiger partial charge < -0.3 is 15.6 Å². The van der Waals surface area contributed by atoms with Crippen molar-refractivity contribution in [3.63, 3.8) is 0 Å². The second kappa shape index (κ2) is 8.51. The Balaban J connectivity index is 0.00000200. The third-order valence-corrected chi connectivity index (χ3v) is 2.52. The van der Waals surface area contributed by atoms with Crippen molar-refractivity contribution in [1.82, 2.24) is 15.5 Å². The molecule has 20 heavy (non-hydrogen) atoms. The van der Waals surface area contributed by atoms with Crippen molar-refractivity contribution in [2.24, 2.45) is 10.7 Å². The van der Waals surface area contributed by atoms with Crippen LogP contribution in [0.25, 0.3) is 0 Å². The molecule has 0 fully saturated rings. The summed E-state index contributed by atoms with van der Waals surface area (Å²) in [5, 5.41) is 6.73. The highest BCUT2D eigenvalue weighted by atomic mass is 127. The fourth-order valence-corrected chi connectivity index (χ4v) is 1.59. The molecule has 0 aliphatic rings. The lowest BCUT2D eigenvalue weighted by Crippen LogP contribution is -2.33. The highest BCUT2D eigenvalue weighted by molar-refractivity contribution is 14.0. The van der Waals surface area contributed by atoms with Gasteiger partial charge in [0.25, 0.3) is 0 Å². The van der Waals surface area contributed by atoms with E-state index in [2.05, 4.69) is 32.6 Å². The Morgan fingerprint density at radius 3 is 2.75 bits per heavy atom. The lowest BCUT2D eigenvalue weighted by Gasteiger charge is -2.04. The Bertz CT molecular complexity index is 541. The molecule has 0 unspecified atom stereocenters. The number of aliphatic imine (C=N–C) groups is 1. The van der Waals surface area contributed by atoms with Crippen LogP contribution in [0.1, 0.15) is 17.3 Å². The second-order valence-corrected chi connectivity index (χ2v) is 4.10. The zero-order valence-electron chi connectivity index (χ0n) is 11.2. The molecule has 1 heterocycles. The van der Waals surface area contributed by atoms with Crippen LogP contribution in [0, 0.1) is 6.92 Å². The Hall–Kier alpha value is -1.64. The number of hydrogen-bond donors (Lipinski definition) is 2. The Labute approximate surface area is 134 Å². The van der Waals surface area contributed by atoms with Gasteiger partial charge in [-0.3, -0.25) is 0 Å². The summed E-state index contributed by atoms with van der Waals surface area (Å²) in [5.41, 5.74) is 7.00. The smallest absolute Gasteiger partial charge is 0.248 e. The van der Waals surface area contributed by atoms with E-state index in [0.717, 1.165) is 13.0 Å². The molecule has 1 aromatic carbocycles. The number of nitrogens with two attached hydrogens (primary N) is 1. The largest absolute Gasteiger partial charge is 0.370 e. The van der Waals surface area contributed by atoms with Gasteiger partial charge in [0.05, 0.1) is 0 Å². The van der Waals surface area contributed by atoms with Gasteiger partial charge in [-0.2, -0.15) is 4.98 Å². The van der Waals surface area contributed by atoms with Crippen LogP contribution in [-0.2, 0) is 13.0 Å². The molecule has 0 spiro atoms. The molecule has 0 radical (unpaired) electrons. The molecule has 0 amide bonds. The van der Waals surface area contributed by atoms with Gasteiger partial charge in [-0.25, -0.2) is 4.99 Å². The van der Waals surface area contributed by atoms with E-state index in [1.165, 1.54) is 5.56 Å². The SMILES string of the molecule is Cc1noc(CN=C(N)NCCc2ccccc2)n1.I. The van der Waals surface area contributed by atoms with Crippen LogP contribution in [-0.4, -0.2) is 22.6 Å². The molecule has 7 heteroatoms. The minimum absolute atomic E-state index is 0. The van der Waals surface area contributed by atoms with Crippen LogP contribution >= 0.6 is 24.0 Å². The molecule has 1 aromatic heterocycles. The molecule has 3 N–H and O–H groups in total. The van der Waals surface area contributed by atoms with Crippen molar-refractivity contribution in [3.05, 3.63) is 47.6 Å². The highest BCUT2D eigenvalue weighted by Gasteiger charge is 2.01. The minimum atomic E-state index is 0.